The van der Waals surface area contributed by atoms with Crippen molar-refractivity contribution in [3.8, 4) is 0 Å². The number of carboxylic acid groups (broad SMARTS) is 1. The second kappa shape index (κ2) is 7.10. The van der Waals surface area contributed by atoms with Crippen molar-refractivity contribution < 1.29 is 27.9 Å². The maximum Gasteiger partial charge on any atom is 0.305 e. The van der Waals surface area contributed by atoms with E-state index < -0.39 is 41.0 Å². The fourth-order valence-corrected chi connectivity index (χ4v) is 5.16. The van der Waals surface area contributed by atoms with Crippen LogP contribution in [0.2, 0.25) is 0 Å². The Morgan fingerprint density at radius 3 is 2.75 bits per heavy atom. The Hall–Kier alpha value is -2.59. The summed E-state index contributed by atoms with van der Waals surface area (Å²) in [7, 11) is 0. The van der Waals surface area contributed by atoms with E-state index in [-0.39, 0.29) is 16.8 Å². The Labute approximate surface area is 164 Å². The third kappa shape index (κ3) is 3.33. The largest absolute Gasteiger partial charge is 0.481 e. The van der Waals surface area contributed by atoms with E-state index in [1.165, 1.54) is 29.2 Å². The van der Waals surface area contributed by atoms with E-state index in [0.29, 0.717) is 15.6 Å². The van der Waals surface area contributed by atoms with Crippen LogP contribution in [0.15, 0.2) is 35.2 Å². The number of carboxylic acids is 1. The van der Waals surface area contributed by atoms with E-state index in [0.717, 1.165) is 29.2 Å². The maximum atomic E-state index is 14.0. The third-order valence-corrected chi connectivity index (χ3v) is 6.45. The van der Waals surface area contributed by atoms with Crippen LogP contribution in [0.5, 0.6) is 0 Å². The highest BCUT2D eigenvalue weighted by molar-refractivity contribution is 8.01. The number of thiazole rings is 1. The number of halogens is 3. The summed E-state index contributed by atoms with van der Waals surface area (Å²) in [5.74, 6) is -4.11. The summed E-state index contributed by atoms with van der Waals surface area (Å²) >= 11 is 1.90. The van der Waals surface area contributed by atoms with Crippen LogP contribution >= 0.6 is 23.1 Å². The Morgan fingerprint density at radius 2 is 2.00 bits per heavy atom. The molecular weight excluding hydrogens is 413 g/mol. The molecule has 1 aliphatic heterocycles. The summed E-state index contributed by atoms with van der Waals surface area (Å²) in [6.07, 6.45) is -0.421. The van der Waals surface area contributed by atoms with Gasteiger partial charge in [-0.15, -0.1) is 23.1 Å². The molecule has 0 bridgehead atoms. The molecule has 1 aliphatic rings. The number of hydrogen-bond donors (Lipinski definition) is 1. The average molecular weight is 424 g/mol. The summed E-state index contributed by atoms with van der Waals surface area (Å²) in [6.45, 7) is -0.0610. The SMILES string of the molecule is O=C(O)CC1Sc2cc(F)ccc2N(Cc2nc3ccc(F)c(F)c3s2)C1=O. The van der Waals surface area contributed by atoms with Crippen LogP contribution in [0.4, 0.5) is 18.9 Å². The van der Waals surface area contributed by atoms with Gasteiger partial charge < -0.3 is 10.0 Å². The fourth-order valence-electron chi connectivity index (χ4n) is 2.94. The number of aromatic nitrogens is 1. The molecule has 5 nitrogen and oxygen atoms in total. The number of anilines is 1. The van der Waals surface area contributed by atoms with Crippen LogP contribution in [0.25, 0.3) is 10.2 Å². The van der Waals surface area contributed by atoms with Crippen LogP contribution in [-0.4, -0.2) is 27.2 Å². The van der Waals surface area contributed by atoms with Gasteiger partial charge in [-0.2, -0.15) is 0 Å². The van der Waals surface area contributed by atoms with Crippen LogP contribution in [0, 0.1) is 17.5 Å². The van der Waals surface area contributed by atoms with E-state index in [9.17, 15) is 22.8 Å². The lowest BCUT2D eigenvalue weighted by Gasteiger charge is -2.32. The molecule has 0 spiro atoms. The molecule has 10 heteroatoms. The second-order valence-electron chi connectivity index (χ2n) is 6.06. The molecule has 2 heterocycles. The van der Waals surface area contributed by atoms with Crippen molar-refractivity contribution in [1.29, 1.82) is 0 Å². The number of nitrogens with zero attached hydrogens (tertiary/aromatic N) is 2. The highest BCUT2D eigenvalue weighted by Crippen LogP contribution is 2.42. The molecule has 1 N–H and O–H groups in total. The molecule has 2 aromatic carbocycles. The number of carbonyl (C=O) groups excluding carboxylic acids is 1. The summed E-state index contributed by atoms with van der Waals surface area (Å²) in [6, 6.07) is 6.19. The maximum absolute atomic E-state index is 14.0. The van der Waals surface area contributed by atoms with Gasteiger partial charge in [0.25, 0.3) is 0 Å². The monoisotopic (exact) mass is 424 g/mol. The summed E-state index contributed by atoms with van der Waals surface area (Å²) < 4.78 is 41.1. The van der Waals surface area contributed by atoms with Gasteiger partial charge in [-0.05, 0) is 30.3 Å². The zero-order valence-electron chi connectivity index (χ0n) is 14.0. The topological polar surface area (TPSA) is 70.5 Å². The van der Waals surface area contributed by atoms with E-state index in [1.807, 2.05) is 0 Å². The Balaban J connectivity index is 1.74. The van der Waals surface area contributed by atoms with Crippen molar-refractivity contribution in [2.24, 2.45) is 0 Å². The Morgan fingerprint density at radius 1 is 1.21 bits per heavy atom. The van der Waals surface area contributed by atoms with Crippen LogP contribution in [-0.2, 0) is 16.1 Å². The molecular formula is C18H11F3N2O3S2. The number of carbonyl (C=O) groups is 2. The number of rotatable bonds is 4. The lowest BCUT2D eigenvalue weighted by Crippen LogP contribution is -2.41. The van der Waals surface area contributed by atoms with Crippen molar-refractivity contribution in [1.82, 2.24) is 4.98 Å². The minimum atomic E-state index is -1.15. The molecule has 1 unspecified atom stereocenters. The van der Waals surface area contributed by atoms with Crippen molar-refractivity contribution in [2.45, 2.75) is 23.1 Å². The number of amides is 1. The van der Waals surface area contributed by atoms with E-state index in [4.69, 9.17) is 5.11 Å². The number of benzene rings is 2. The predicted octanol–water partition coefficient (Wildman–Crippen LogP) is 4.20. The number of aliphatic carboxylic acids is 1. The highest BCUT2D eigenvalue weighted by atomic mass is 32.2. The molecule has 1 aromatic heterocycles. The molecule has 0 fully saturated rings. The van der Waals surface area contributed by atoms with Gasteiger partial charge in [0.15, 0.2) is 11.6 Å². The number of fused-ring (bicyclic) bond motifs is 2. The first-order valence-corrected chi connectivity index (χ1v) is 9.76. The number of hydrogen-bond acceptors (Lipinski definition) is 5. The van der Waals surface area contributed by atoms with Gasteiger partial charge in [0.2, 0.25) is 5.91 Å². The lowest BCUT2D eigenvalue weighted by atomic mass is 10.2. The first-order chi connectivity index (χ1) is 13.3. The second-order valence-corrected chi connectivity index (χ2v) is 8.39. The normalized spacial score (nSPS) is 16.5. The van der Waals surface area contributed by atoms with Gasteiger partial charge in [0, 0.05) is 4.90 Å². The summed E-state index contributed by atoms with van der Waals surface area (Å²) in [5, 5.41) is 8.50. The molecule has 0 saturated carbocycles. The molecule has 0 radical (unpaired) electrons. The van der Waals surface area contributed by atoms with Gasteiger partial charge >= 0.3 is 5.97 Å². The van der Waals surface area contributed by atoms with Crippen molar-refractivity contribution in [2.75, 3.05) is 4.90 Å². The predicted molar refractivity (Wildman–Crippen MR) is 99.0 cm³/mol. The van der Waals surface area contributed by atoms with E-state index >= 15 is 0 Å². The molecule has 28 heavy (non-hydrogen) atoms. The lowest BCUT2D eigenvalue weighted by molar-refractivity contribution is -0.138. The standard InChI is InChI=1S/C18H11F3N2O3S2/c19-8-1-4-11-12(5-8)27-13(6-15(24)25)18(26)23(11)7-14-22-10-3-2-9(20)16(21)17(10)28-14/h1-5,13H,6-7H2,(H,24,25). The Bertz CT molecular complexity index is 1120. The average Bonchev–Trinajstić information content (AvgIpc) is 3.05. The zero-order chi connectivity index (χ0) is 20.0. The van der Waals surface area contributed by atoms with Crippen molar-refractivity contribution in [3.05, 3.63) is 52.8 Å². The van der Waals surface area contributed by atoms with Crippen LogP contribution < -0.4 is 4.90 Å². The van der Waals surface area contributed by atoms with Gasteiger partial charge in [-0.3, -0.25) is 9.59 Å². The van der Waals surface area contributed by atoms with Crippen molar-refractivity contribution in [3.63, 3.8) is 0 Å². The van der Waals surface area contributed by atoms with Gasteiger partial charge in [0.05, 0.1) is 34.1 Å². The van der Waals surface area contributed by atoms with Gasteiger partial charge in [0.1, 0.15) is 10.8 Å². The minimum absolute atomic E-state index is 0.0373. The minimum Gasteiger partial charge on any atom is -0.481 e. The van der Waals surface area contributed by atoms with E-state index in [2.05, 4.69) is 4.98 Å². The first kappa shape index (κ1) is 18.8. The third-order valence-electron chi connectivity index (χ3n) is 4.17. The summed E-state index contributed by atoms with van der Waals surface area (Å²) in [5.41, 5.74) is 0.683. The number of thioether (sulfide) groups is 1. The first-order valence-electron chi connectivity index (χ1n) is 8.06. The molecule has 144 valence electrons. The zero-order valence-corrected chi connectivity index (χ0v) is 15.6. The molecule has 3 aromatic rings. The smallest absolute Gasteiger partial charge is 0.305 e. The molecule has 4 rings (SSSR count). The molecule has 1 atom stereocenters. The van der Waals surface area contributed by atoms with Crippen LogP contribution in [0.1, 0.15) is 11.4 Å². The highest BCUT2D eigenvalue weighted by Gasteiger charge is 2.35. The quantitative estimate of drug-likeness (QED) is 0.680. The van der Waals surface area contributed by atoms with Crippen LogP contribution in [0.3, 0.4) is 0 Å². The van der Waals surface area contributed by atoms with Gasteiger partial charge in [-0.25, -0.2) is 18.2 Å². The van der Waals surface area contributed by atoms with Gasteiger partial charge in [-0.1, -0.05) is 0 Å². The fraction of sp³-hybridized carbons (Fsp3) is 0.167. The molecule has 0 saturated heterocycles. The molecule has 0 aliphatic carbocycles. The Kier molecular flexibility index (Phi) is 4.76. The van der Waals surface area contributed by atoms with E-state index in [1.54, 1.807) is 0 Å². The molecule has 1 amide bonds. The summed E-state index contributed by atoms with van der Waals surface area (Å²) in [4.78, 5) is 29.9. The van der Waals surface area contributed by atoms with Crippen molar-refractivity contribution >= 4 is 50.9 Å².